The number of anilines is 3. The molecule has 2 heteroatoms. The first kappa shape index (κ1) is 35.7. The number of rotatable bonds is 8. The number of hydrogen-bond acceptors (Lipinski definition) is 1. The summed E-state index contributed by atoms with van der Waals surface area (Å²) in [7, 11) is 0. The van der Waals surface area contributed by atoms with Gasteiger partial charge in [0, 0.05) is 38.9 Å². The highest BCUT2D eigenvalue weighted by molar-refractivity contribution is 6.10. The summed E-state index contributed by atoms with van der Waals surface area (Å²) in [6.07, 6.45) is 0. The van der Waals surface area contributed by atoms with Crippen molar-refractivity contribution < 1.29 is 0 Å². The van der Waals surface area contributed by atoms with E-state index < -0.39 is 5.41 Å². The van der Waals surface area contributed by atoms with Crippen LogP contribution in [0.15, 0.2) is 231 Å². The van der Waals surface area contributed by atoms with Crippen LogP contribution in [0.4, 0.5) is 17.1 Å². The van der Waals surface area contributed by atoms with Gasteiger partial charge in [0.25, 0.3) is 0 Å². The van der Waals surface area contributed by atoms with E-state index in [1.165, 1.54) is 66.3 Å². The van der Waals surface area contributed by atoms with Crippen molar-refractivity contribution in [1.29, 1.82) is 0 Å². The first-order valence-corrected chi connectivity index (χ1v) is 20.9. The van der Waals surface area contributed by atoms with Crippen LogP contribution in [-0.4, -0.2) is 4.57 Å². The summed E-state index contributed by atoms with van der Waals surface area (Å²) >= 11 is 0. The third kappa shape index (κ3) is 5.48. The van der Waals surface area contributed by atoms with Crippen LogP contribution >= 0.6 is 0 Å². The molecule has 0 aliphatic heterocycles. The maximum Gasteiger partial charge on any atom is 0.0701 e. The molecule has 1 heterocycles. The fourth-order valence-electron chi connectivity index (χ4n) is 10.2. The summed E-state index contributed by atoms with van der Waals surface area (Å²) in [5.41, 5.74) is 16.5. The lowest BCUT2D eigenvalue weighted by Crippen LogP contribution is -2.31. The Bertz CT molecular complexity index is 3050. The highest BCUT2D eigenvalue weighted by Gasteiger charge is 2.39. The highest BCUT2D eigenvalue weighted by Crippen LogP contribution is 2.51. The van der Waals surface area contributed by atoms with Gasteiger partial charge in [-0.05, 0) is 105 Å². The molecule has 0 bridgehead atoms. The standard InChI is InChI=1S/C58H44N2/c1-57(2)53-29-17-15-27-49(53)51-39-47(35-37-54(51)57)59(48-36-38-56-52(40-48)50-28-16-18-30-55(50)60(56)45-25-13-6-14-26-45)46-33-31-44(32-34-46)58(41-19-7-3-8-20-41,42-21-9-4-10-22-42)43-23-11-5-12-24-43/h3-40H,1-2H3. The Kier molecular flexibility index (Phi) is 8.42. The van der Waals surface area contributed by atoms with Crippen molar-refractivity contribution in [2.45, 2.75) is 24.7 Å². The van der Waals surface area contributed by atoms with Gasteiger partial charge in [0.05, 0.1) is 16.4 Å². The van der Waals surface area contributed by atoms with Crippen LogP contribution in [0.1, 0.15) is 47.2 Å². The Morgan fingerprint density at radius 3 is 1.48 bits per heavy atom. The minimum absolute atomic E-state index is 0.0786. The van der Waals surface area contributed by atoms with Crippen molar-refractivity contribution in [3.05, 3.63) is 264 Å². The second-order valence-corrected chi connectivity index (χ2v) is 16.5. The zero-order chi connectivity index (χ0) is 40.3. The molecule has 2 nitrogen and oxygen atoms in total. The molecule has 10 aromatic rings. The van der Waals surface area contributed by atoms with Crippen molar-refractivity contribution in [1.82, 2.24) is 4.57 Å². The van der Waals surface area contributed by atoms with Crippen LogP contribution in [0.25, 0.3) is 38.6 Å². The molecule has 0 unspecified atom stereocenters. The van der Waals surface area contributed by atoms with Crippen LogP contribution in [0.5, 0.6) is 0 Å². The molecular weight excluding hydrogens is 725 g/mol. The van der Waals surface area contributed by atoms with Crippen molar-refractivity contribution in [3.63, 3.8) is 0 Å². The largest absolute Gasteiger partial charge is 0.310 e. The van der Waals surface area contributed by atoms with Crippen molar-refractivity contribution >= 4 is 38.9 Å². The van der Waals surface area contributed by atoms with Gasteiger partial charge in [0.1, 0.15) is 0 Å². The molecule has 0 radical (unpaired) electrons. The fraction of sp³-hybridized carbons (Fsp3) is 0.0690. The summed E-state index contributed by atoms with van der Waals surface area (Å²) < 4.78 is 2.39. The Balaban J connectivity index is 1.14. The minimum atomic E-state index is -0.534. The van der Waals surface area contributed by atoms with E-state index in [0.29, 0.717) is 0 Å². The molecule has 0 N–H and O–H groups in total. The molecule has 1 aromatic heterocycles. The predicted molar refractivity (Wildman–Crippen MR) is 251 cm³/mol. The second-order valence-electron chi connectivity index (χ2n) is 16.5. The van der Waals surface area contributed by atoms with Gasteiger partial charge >= 0.3 is 0 Å². The number of fused-ring (bicyclic) bond motifs is 6. The van der Waals surface area contributed by atoms with E-state index in [1.54, 1.807) is 0 Å². The van der Waals surface area contributed by atoms with Gasteiger partial charge < -0.3 is 9.47 Å². The molecule has 0 fully saturated rings. The maximum atomic E-state index is 2.45. The summed E-state index contributed by atoms with van der Waals surface area (Å²) in [5, 5.41) is 2.45. The van der Waals surface area contributed by atoms with E-state index >= 15 is 0 Å². The monoisotopic (exact) mass is 768 g/mol. The molecule has 286 valence electrons. The quantitative estimate of drug-likeness (QED) is 0.140. The van der Waals surface area contributed by atoms with E-state index in [-0.39, 0.29) is 5.41 Å². The number of hydrogen-bond donors (Lipinski definition) is 0. The Morgan fingerprint density at radius 1 is 0.367 bits per heavy atom. The SMILES string of the molecule is CC1(C)c2ccccc2-c2cc(N(c3ccc(C(c4ccccc4)(c4ccccc4)c4ccccc4)cc3)c3ccc4c(c3)c3ccccc3n4-c3ccccc3)ccc21. The van der Waals surface area contributed by atoms with E-state index in [1.807, 2.05) is 0 Å². The third-order valence-electron chi connectivity index (χ3n) is 12.9. The molecule has 9 aromatic carbocycles. The summed E-state index contributed by atoms with van der Waals surface area (Å²) in [4.78, 5) is 2.45. The molecule has 0 amide bonds. The van der Waals surface area contributed by atoms with Gasteiger partial charge in [-0.25, -0.2) is 0 Å². The molecule has 1 aliphatic rings. The molecular formula is C58H44N2. The van der Waals surface area contributed by atoms with Crippen molar-refractivity contribution in [3.8, 4) is 16.8 Å². The molecule has 0 atom stereocenters. The van der Waals surface area contributed by atoms with Gasteiger partial charge in [-0.1, -0.05) is 184 Å². The maximum absolute atomic E-state index is 2.45. The molecule has 1 aliphatic carbocycles. The molecule has 0 saturated carbocycles. The minimum Gasteiger partial charge on any atom is -0.310 e. The number of para-hydroxylation sites is 2. The zero-order valence-electron chi connectivity index (χ0n) is 33.8. The van der Waals surface area contributed by atoms with Crippen LogP contribution in [-0.2, 0) is 10.8 Å². The first-order valence-electron chi connectivity index (χ1n) is 20.9. The van der Waals surface area contributed by atoms with E-state index in [0.717, 1.165) is 22.7 Å². The lowest BCUT2D eigenvalue weighted by atomic mass is 9.65. The fourth-order valence-corrected chi connectivity index (χ4v) is 10.2. The average molecular weight is 769 g/mol. The topological polar surface area (TPSA) is 8.17 Å². The molecule has 11 rings (SSSR count). The van der Waals surface area contributed by atoms with Crippen molar-refractivity contribution in [2.75, 3.05) is 4.90 Å². The summed E-state index contributed by atoms with van der Waals surface area (Å²) in [6.45, 7) is 4.70. The normalized spacial score (nSPS) is 13.0. The van der Waals surface area contributed by atoms with Gasteiger partial charge in [-0.2, -0.15) is 0 Å². The first-order chi connectivity index (χ1) is 29.5. The van der Waals surface area contributed by atoms with Gasteiger partial charge in [0.15, 0.2) is 0 Å². The number of benzene rings is 9. The smallest absolute Gasteiger partial charge is 0.0701 e. The molecule has 60 heavy (non-hydrogen) atoms. The van der Waals surface area contributed by atoms with E-state index in [4.69, 9.17) is 0 Å². The van der Waals surface area contributed by atoms with Crippen LogP contribution in [0.2, 0.25) is 0 Å². The predicted octanol–water partition coefficient (Wildman–Crippen LogP) is 14.9. The zero-order valence-corrected chi connectivity index (χ0v) is 33.8. The lowest BCUT2D eigenvalue weighted by molar-refractivity contribution is 0.660. The molecule has 0 spiro atoms. The van der Waals surface area contributed by atoms with Gasteiger partial charge in [-0.3, -0.25) is 0 Å². The van der Waals surface area contributed by atoms with Crippen LogP contribution in [0.3, 0.4) is 0 Å². The lowest BCUT2D eigenvalue weighted by Gasteiger charge is -2.37. The van der Waals surface area contributed by atoms with Crippen LogP contribution < -0.4 is 4.90 Å². The Morgan fingerprint density at radius 2 is 0.833 bits per heavy atom. The Labute approximate surface area is 352 Å². The highest BCUT2D eigenvalue weighted by atomic mass is 15.1. The van der Waals surface area contributed by atoms with Gasteiger partial charge in [-0.15, -0.1) is 0 Å². The Hall–Kier alpha value is -7.42. The average Bonchev–Trinajstić information content (AvgIpc) is 3.76. The van der Waals surface area contributed by atoms with E-state index in [2.05, 4.69) is 254 Å². The summed E-state index contributed by atoms with van der Waals surface area (Å²) in [6, 6.07) is 84.7. The van der Waals surface area contributed by atoms with Crippen LogP contribution in [0, 0.1) is 0 Å². The van der Waals surface area contributed by atoms with Crippen molar-refractivity contribution in [2.24, 2.45) is 0 Å². The second kappa shape index (κ2) is 14.1. The van der Waals surface area contributed by atoms with Gasteiger partial charge in [0.2, 0.25) is 0 Å². The number of nitrogens with zero attached hydrogens (tertiary/aromatic N) is 2. The van der Waals surface area contributed by atoms with E-state index in [9.17, 15) is 0 Å². The molecule has 0 saturated heterocycles. The third-order valence-corrected chi connectivity index (χ3v) is 12.9. The number of aromatic nitrogens is 1. The summed E-state index contributed by atoms with van der Waals surface area (Å²) in [5.74, 6) is 0.